The average molecular weight is 248 g/mol. The van der Waals surface area contributed by atoms with Crippen LogP contribution in [0.5, 0.6) is 0 Å². The number of H-pyrrole nitrogens is 1. The highest BCUT2D eigenvalue weighted by molar-refractivity contribution is 7.07. The second-order valence-corrected chi connectivity index (χ2v) is 4.49. The van der Waals surface area contributed by atoms with Gasteiger partial charge in [-0.2, -0.15) is 11.3 Å². The molecule has 1 amide bonds. The Kier molecular flexibility index (Phi) is 3.39. The van der Waals surface area contributed by atoms with Crippen molar-refractivity contribution in [2.75, 3.05) is 0 Å². The smallest absolute Gasteiger partial charge is 0.257 e. The normalized spacial score (nSPS) is 10.2. The average Bonchev–Trinajstić information content (AvgIpc) is 2.78. The van der Waals surface area contributed by atoms with Crippen molar-refractivity contribution in [3.05, 3.63) is 56.1 Å². The molecule has 0 fully saturated rings. The minimum absolute atomic E-state index is 0.144. The van der Waals surface area contributed by atoms with Gasteiger partial charge in [0, 0.05) is 24.5 Å². The molecule has 2 N–H and O–H groups in total. The van der Waals surface area contributed by atoms with Crippen molar-refractivity contribution in [3.8, 4) is 0 Å². The monoisotopic (exact) mass is 248 g/mol. The number of aryl methyl sites for hydroxylation is 1. The molecular weight excluding hydrogens is 236 g/mol. The Bertz CT molecular complexity index is 572. The van der Waals surface area contributed by atoms with Gasteiger partial charge in [-0.3, -0.25) is 9.59 Å². The van der Waals surface area contributed by atoms with Gasteiger partial charge in [0.05, 0.1) is 0 Å². The molecule has 2 aromatic heterocycles. The summed E-state index contributed by atoms with van der Waals surface area (Å²) in [6.07, 6.45) is 1.45. The van der Waals surface area contributed by atoms with Gasteiger partial charge < -0.3 is 10.3 Å². The maximum atomic E-state index is 11.7. The zero-order valence-corrected chi connectivity index (χ0v) is 10.1. The first-order valence-electron chi connectivity index (χ1n) is 5.15. The second-order valence-electron chi connectivity index (χ2n) is 3.71. The lowest BCUT2D eigenvalue weighted by Gasteiger charge is -2.03. The fourth-order valence-corrected chi connectivity index (χ4v) is 2.09. The first-order valence-corrected chi connectivity index (χ1v) is 6.09. The third-order valence-electron chi connectivity index (χ3n) is 2.34. The molecule has 0 saturated heterocycles. The number of pyridine rings is 1. The molecule has 4 nitrogen and oxygen atoms in total. The highest BCUT2D eigenvalue weighted by atomic mass is 32.1. The first-order chi connectivity index (χ1) is 8.16. The van der Waals surface area contributed by atoms with Crippen LogP contribution in [-0.2, 0) is 6.54 Å². The molecule has 2 aromatic rings. The van der Waals surface area contributed by atoms with Crippen LogP contribution in [0, 0.1) is 6.92 Å². The van der Waals surface area contributed by atoms with E-state index >= 15 is 0 Å². The number of aromatic amines is 1. The summed E-state index contributed by atoms with van der Waals surface area (Å²) >= 11 is 1.57. The van der Waals surface area contributed by atoms with Gasteiger partial charge in [0.1, 0.15) is 5.56 Å². The van der Waals surface area contributed by atoms with Crippen molar-refractivity contribution in [1.29, 1.82) is 0 Å². The molecule has 88 valence electrons. The van der Waals surface area contributed by atoms with Crippen LogP contribution in [0.4, 0.5) is 0 Å². The number of hydrogen-bond donors (Lipinski definition) is 2. The Labute approximate surface area is 102 Å². The standard InChI is InChI=1S/C12H12N2O2S/c1-8-4-11(15)10(6-13-8)12(16)14-5-9-2-3-17-7-9/h2-4,6-7H,5H2,1H3,(H,13,15)(H,14,16). The summed E-state index contributed by atoms with van der Waals surface area (Å²) in [5.74, 6) is -0.350. The lowest BCUT2D eigenvalue weighted by atomic mass is 10.2. The number of hydrogen-bond acceptors (Lipinski definition) is 3. The van der Waals surface area contributed by atoms with Gasteiger partial charge in [0.2, 0.25) is 0 Å². The molecule has 0 aliphatic rings. The van der Waals surface area contributed by atoms with Gasteiger partial charge in [-0.15, -0.1) is 0 Å². The van der Waals surface area contributed by atoms with E-state index in [4.69, 9.17) is 0 Å². The molecule has 0 saturated carbocycles. The van der Waals surface area contributed by atoms with Crippen LogP contribution >= 0.6 is 11.3 Å². The van der Waals surface area contributed by atoms with Crippen molar-refractivity contribution in [2.45, 2.75) is 13.5 Å². The van der Waals surface area contributed by atoms with E-state index in [1.54, 1.807) is 18.3 Å². The molecule has 17 heavy (non-hydrogen) atoms. The van der Waals surface area contributed by atoms with Gasteiger partial charge >= 0.3 is 0 Å². The summed E-state index contributed by atoms with van der Waals surface area (Å²) < 4.78 is 0. The van der Waals surface area contributed by atoms with Crippen LogP contribution in [0.2, 0.25) is 0 Å². The summed E-state index contributed by atoms with van der Waals surface area (Å²) in [6.45, 7) is 2.21. The molecule has 2 heterocycles. The van der Waals surface area contributed by atoms with Crippen LogP contribution in [0.3, 0.4) is 0 Å². The van der Waals surface area contributed by atoms with Crippen LogP contribution in [0.1, 0.15) is 21.6 Å². The third-order valence-corrected chi connectivity index (χ3v) is 3.07. The summed E-state index contributed by atoms with van der Waals surface area (Å²) in [5.41, 5.74) is 1.66. The number of aromatic nitrogens is 1. The molecule has 0 unspecified atom stereocenters. The highest BCUT2D eigenvalue weighted by Crippen LogP contribution is 2.05. The van der Waals surface area contributed by atoms with Crippen LogP contribution in [-0.4, -0.2) is 10.9 Å². The maximum absolute atomic E-state index is 11.7. The Morgan fingerprint density at radius 1 is 1.53 bits per heavy atom. The molecule has 0 aliphatic heterocycles. The van der Waals surface area contributed by atoms with Crippen LogP contribution in [0.25, 0.3) is 0 Å². The van der Waals surface area contributed by atoms with E-state index in [1.807, 2.05) is 16.8 Å². The minimum Gasteiger partial charge on any atom is -0.364 e. The third kappa shape index (κ3) is 2.82. The Morgan fingerprint density at radius 2 is 2.35 bits per heavy atom. The van der Waals surface area contributed by atoms with Gasteiger partial charge in [0.15, 0.2) is 5.43 Å². The molecule has 0 spiro atoms. The first kappa shape index (κ1) is 11.6. The minimum atomic E-state index is -0.350. The van der Waals surface area contributed by atoms with Crippen molar-refractivity contribution >= 4 is 17.2 Å². The lowest BCUT2D eigenvalue weighted by Crippen LogP contribution is -2.28. The molecule has 0 radical (unpaired) electrons. The van der Waals surface area contributed by atoms with E-state index in [-0.39, 0.29) is 16.9 Å². The van der Waals surface area contributed by atoms with E-state index in [0.29, 0.717) is 6.54 Å². The quantitative estimate of drug-likeness (QED) is 0.868. The van der Waals surface area contributed by atoms with Crippen LogP contribution in [0.15, 0.2) is 33.9 Å². The van der Waals surface area contributed by atoms with Crippen molar-refractivity contribution in [1.82, 2.24) is 10.3 Å². The van der Waals surface area contributed by atoms with Gasteiger partial charge in [0.25, 0.3) is 5.91 Å². The highest BCUT2D eigenvalue weighted by Gasteiger charge is 2.09. The zero-order valence-electron chi connectivity index (χ0n) is 9.32. The van der Waals surface area contributed by atoms with Crippen molar-refractivity contribution < 1.29 is 4.79 Å². The Hall–Kier alpha value is -1.88. The van der Waals surface area contributed by atoms with Gasteiger partial charge in [-0.25, -0.2) is 0 Å². The van der Waals surface area contributed by atoms with Crippen molar-refractivity contribution in [3.63, 3.8) is 0 Å². The molecular formula is C12H12N2O2S. The second kappa shape index (κ2) is 4.97. The largest absolute Gasteiger partial charge is 0.364 e. The predicted molar refractivity (Wildman–Crippen MR) is 67.3 cm³/mol. The van der Waals surface area contributed by atoms with E-state index in [0.717, 1.165) is 11.3 Å². The molecule has 2 rings (SSSR count). The SMILES string of the molecule is Cc1cc(=O)c(C(=O)NCc2ccsc2)c[nH]1. The number of nitrogens with one attached hydrogen (secondary N) is 2. The molecule has 0 bridgehead atoms. The molecule has 0 aromatic carbocycles. The topological polar surface area (TPSA) is 62.0 Å². The Morgan fingerprint density at radius 3 is 3.00 bits per heavy atom. The number of carbonyl (C=O) groups is 1. The number of amides is 1. The summed E-state index contributed by atoms with van der Waals surface area (Å²) in [6, 6.07) is 3.35. The maximum Gasteiger partial charge on any atom is 0.257 e. The molecule has 0 atom stereocenters. The summed E-state index contributed by atoms with van der Waals surface area (Å²) in [5, 5.41) is 6.61. The van der Waals surface area contributed by atoms with Gasteiger partial charge in [-0.05, 0) is 29.3 Å². The summed E-state index contributed by atoms with van der Waals surface area (Å²) in [4.78, 5) is 26.2. The number of carbonyl (C=O) groups excluding carboxylic acids is 1. The van der Waals surface area contributed by atoms with E-state index in [1.165, 1.54) is 12.3 Å². The fourth-order valence-electron chi connectivity index (χ4n) is 1.42. The van der Waals surface area contributed by atoms with Crippen molar-refractivity contribution in [2.24, 2.45) is 0 Å². The van der Waals surface area contributed by atoms with E-state index in [2.05, 4.69) is 10.3 Å². The number of rotatable bonds is 3. The van der Waals surface area contributed by atoms with E-state index < -0.39 is 0 Å². The lowest BCUT2D eigenvalue weighted by molar-refractivity contribution is 0.0949. The van der Waals surface area contributed by atoms with Crippen LogP contribution < -0.4 is 10.7 Å². The fraction of sp³-hybridized carbons (Fsp3) is 0.167. The summed E-state index contributed by atoms with van der Waals surface area (Å²) in [7, 11) is 0. The number of thiophene rings is 1. The van der Waals surface area contributed by atoms with Gasteiger partial charge in [-0.1, -0.05) is 0 Å². The molecule has 5 heteroatoms. The zero-order chi connectivity index (χ0) is 12.3. The Balaban J connectivity index is 2.07. The molecule has 0 aliphatic carbocycles. The predicted octanol–water partition coefficient (Wildman–Crippen LogP) is 1.67. The van der Waals surface area contributed by atoms with E-state index in [9.17, 15) is 9.59 Å².